The van der Waals surface area contributed by atoms with E-state index < -0.39 is 0 Å². The van der Waals surface area contributed by atoms with E-state index in [1.54, 1.807) is 11.3 Å². The van der Waals surface area contributed by atoms with E-state index in [9.17, 15) is 4.79 Å². The monoisotopic (exact) mass is 155 g/mol. The average molecular weight is 155 g/mol. The molecule has 0 fully saturated rings. The minimum Gasteiger partial charge on any atom is -0.303 e. The van der Waals surface area contributed by atoms with Crippen LogP contribution in [0.25, 0.3) is 0 Å². The molecule has 0 bridgehead atoms. The van der Waals surface area contributed by atoms with Crippen molar-refractivity contribution < 1.29 is 4.79 Å². The predicted octanol–water partition coefficient (Wildman–Crippen LogP) is 1.50. The first kappa shape index (κ1) is 7.41. The number of hydrogen-bond acceptors (Lipinski definition) is 3. The summed E-state index contributed by atoms with van der Waals surface area (Å²) >= 11 is 1.60. The van der Waals surface area contributed by atoms with Crippen molar-refractivity contribution in [1.82, 2.24) is 4.98 Å². The summed E-state index contributed by atoms with van der Waals surface area (Å²) < 4.78 is 0. The van der Waals surface area contributed by atoms with Crippen molar-refractivity contribution in [3.63, 3.8) is 0 Å². The fourth-order valence-electron chi connectivity index (χ4n) is 0.698. The summed E-state index contributed by atoms with van der Waals surface area (Å²) in [6.07, 6.45) is 1.34. The molecule has 1 heterocycles. The minimum absolute atomic E-state index is 0.458. The van der Waals surface area contributed by atoms with E-state index in [1.165, 1.54) is 4.88 Å². The van der Waals surface area contributed by atoms with Gasteiger partial charge in [0.2, 0.25) is 0 Å². The topological polar surface area (TPSA) is 30.0 Å². The molecule has 1 aromatic rings. The zero-order chi connectivity index (χ0) is 7.56. The van der Waals surface area contributed by atoms with Crippen LogP contribution in [0.4, 0.5) is 0 Å². The second kappa shape index (κ2) is 2.92. The standard InChI is InChI=1S/C7H9NOS/c1-5-6(2)10-7(8-5)3-4-9/h4H,3H2,1-2H3. The first-order chi connectivity index (χ1) is 4.74. The Kier molecular flexibility index (Phi) is 2.17. The molecule has 0 N–H and O–H groups in total. The van der Waals surface area contributed by atoms with Crippen molar-refractivity contribution in [2.75, 3.05) is 0 Å². The summed E-state index contributed by atoms with van der Waals surface area (Å²) in [6, 6.07) is 0. The second-order valence-electron chi connectivity index (χ2n) is 2.12. The Labute approximate surface area is 63.9 Å². The van der Waals surface area contributed by atoms with E-state index in [1.807, 2.05) is 13.8 Å². The SMILES string of the molecule is Cc1nc(CC=O)sc1C. The summed E-state index contributed by atoms with van der Waals surface area (Å²) in [5, 5.41) is 0.921. The van der Waals surface area contributed by atoms with Crippen LogP contribution in [0.2, 0.25) is 0 Å². The van der Waals surface area contributed by atoms with E-state index in [4.69, 9.17) is 0 Å². The highest BCUT2D eigenvalue weighted by Crippen LogP contribution is 2.15. The predicted molar refractivity (Wildman–Crippen MR) is 41.4 cm³/mol. The Morgan fingerprint density at radius 2 is 2.30 bits per heavy atom. The van der Waals surface area contributed by atoms with E-state index in [0.717, 1.165) is 17.0 Å². The van der Waals surface area contributed by atoms with Gasteiger partial charge in [-0.05, 0) is 13.8 Å². The van der Waals surface area contributed by atoms with E-state index in [-0.39, 0.29) is 0 Å². The van der Waals surface area contributed by atoms with Gasteiger partial charge in [0, 0.05) is 4.88 Å². The minimum atomic E-state index is 0.458. The smallest absolute Gasteiger partial charge is 0.126 e. The molecule has 2 nitrogen and oxygen atoms in total. The summed E-state index contributed by atoms with van der Waals surface area (Å²) in [5.74, 6) is 0. The lowest BCUT2D eigenvalue weighted by Crippen LogP contribution is -1.82. The molecule has 10 heavy (non-hydrogen) atoms. The first-order valence-corrected chi connectivity index (χ1v) is 3.92. The molecule has 0 saturated carbocycles. The van der Waals surface area contributed by atoms with Gasteiger partial charge in [0.1, 0.15) is 11.3 Å². The summed E-state index contributed by atoms with van der Waals surface area (Å²) in [5.41, 5.74) is 1.04. The van der Waals surface area contributed by atoms with E-state index in [0.29, 0.717) is 6.42 Å². The third kappa shape index (κ3) is 1.42. The molecule has 0 aliphatic rings. The van der Waals surface area contributed by atoms with Crippen LogP contribution in [0.1, 0.15) is 15.6 Å². The lowest BCUT2D eigenvalue weighted by molar-refractivity contribution is -0.107. The summed E-state index contributed by atoms with van der Waals surface area (Å²) in [4.78, 5) is 15.5. The highest BCUT2D eigenvalue weighted by Gasteiger charge is 2.00. The van der Waals surface area contributed by atoms with Gasteiger partial charge in [0.15, 0.2) is 0 Å². The molecule has 0 aromatic carbocycles. The number of carbonyl (C=O) groups is 1. The van der Waals surface area contributed by atoms with Gasteiger partial charge in [-0.25, -0.2) is 4.98 Å². The van der Waals surface area contributed by atoms with Gasteiger partial charge in [0.05, 0.1) is 12.1 Å². The van der Waals surface area contributed by atoms with Crippen LogP contribution in [0.3, 0.4) is 0 Å². The molecule has 0 spiro atoms. The lowest BCUT2D eigenvalue weighted by atomic mass is 10.4. The Morgan fingerprint density at radius 1 is 1.60 bits per heavy atom. The van der Waals surface area contributed by atoms with Crippen LogP contribution in [0.5, 0.6) is 0 Å². The van der Waals surface area contributed by atoms with Gasteiger partial charge in [-0.15, -0.1) is 11.3 Å². The maximum absolute atomic E-state index is 10.1. The normalized spacial score (nSPS) is 9.80. The van der Waals surface area contributed by atoms with Gasteiger partial charge >= 0.3 is 0 Å². The Bertz CT molecular complexity index is 222. The molecule has 3 heteroatoms. The van der Waals surface area contributed by atoms with Crippen molar-refractivity contribution >= 4 is 17.6 Å². The van der Waals surface area contributed by atoms with Crippen molar-refractivity contribution in [2.45, 2.75) is 20.3 Å². The van der Waals surface area contributed by atoms with Gasteiger partial charge < -0.3 is 4.79 Å². The van der Waals surface area contributed by atoms with Crippen molar-refractivity contribution in [3.8, 4) is 0 Å². The highest BCUT2D eigenvalue weighted by molar-refractivity contribution is 7.11. The molecule has 0 saturated heterocycles. The zero-order valence-corrected chi connectivity index (χ0v) is 6.86. The van der Waals surface area contributed by atoms with Gasteiger partial charge in [-0.3, -0.25) is 0 Å². The lowest BCUT2D eigenvalue weighted by Gasteiger charge is -1.79. The van der Waals surface area contributed by atoms with Gasteiger partial charge in [-0.1, -0.05) is 0 Å². The molecular formula is C7H9NOS. The van der Waals surface area contributed by atoms with Crippen molar-refractivity contribution in [2.24, 2.45) is 0 Å². The number of rotatable bonds is 2. The largest absolute Gasteiger partial charge is 0.303 e. The molecule has 1 aromatic heterocycles. The number of aldehydes is 1. The number of hydrogen-bond donors (Lipinski definition) is 0. The van der Waals surface area contributed by atoms with Gasteiger partial charge in [-0.2, -0.15) is 0 Å². The molecule has 0 radical (unpaired) electrons. The summed E-state index contributed by atoms with van der Waals surface area (Å²) in [6.45, 7) is 3.97. The number of thiazole rings is 1. The van der Waals surface area contributed by atoms with Gasteiger partial charge in [0.25, 0.3) is 0 Å². The molecule has 0 aliphatic carbocycles. The van der Waals surface area contributed by atoms with Crippen LogP contribution in [0, 0.1) is 13.8 Å². The molecule has 54 valence electrons. The average Bonchev–Trinajstić information content (AvgIpc) is 2.14. The molecular weight excluding hydrogens is 146 g/mol. The number of aryl methyl sites for hydroxylation is 2. The molecule has 0 aliphatic heterocycles. The molecule has 0 unspecified atom stereocenters. The fourth-order valence-corrected chi connectivity index (χ4v) is 1.58. The van der Waals surface area contributed by atoms with Crippen LogP contribution < -0.4 is 0 Å². The Morgan fingerprint density at radius 3 is 2.70 bits per heavy atom. The van der Waals surface area contributed by atoms with Crippen molar-refractivity contribution in [1.29, 1.82) is 0 Å². The zero-order valence-electron chi connectivity index (χ0n) is 6.05. The van der Waals surface area contributed by atoms with E-state index >= 15 is 0 Å². The fraction of sp³-hybridized carbons (Fsp3) is 0.429. The van der Waals surface area contributed by atoms with Crippen LogP contribution in [-0.4, -0.2) is 11.3 Å². The quantitative estimate of drug-likeness (QED) is 0.606. The third-order valence-electron chi connectivity index (χ3n) is 1.33. The van der Waals surface area contributed by atoms with Crippen molar-refractivity contribution in [3.05, 3.63) is 15.6 Å². The van der Waals surface area contributed by atoms with E-state index in [2.05, 4.69) is 4.98 Å². The van der Waals surface area contributed by atoms with Crippen LogP contribution in [-0.2, 0) is 11.2 Å². The van der Waals surface area contributed by atoms with Crippen LogP contribution in [0.15, 0.2) is 0 Å². The maximum atomic E-state index is 10.1. The Hall–Kier alpha value is -0.700. The molecule has 1 rings (SSSR count). The number of nitrogens with zero attached hydrogens (tertiary/aromatic N) is 1. The molecule has 0 amide bonds. The maximum Gasteiger partial charge on any atom is 0.126 e. The number of aromatic nitrogens is 1. The Balaban J connectivity index is 2.86. The molecule has 0 atom stereocenters. The second-order valence-corrected chi connectivity index (χ2v) is 3.41. The highest BCUT2D eigenvalue weighted by atomic mass is 32.1. The summed E-state index contributed by atoms with van der Waals surface area (Å²) in [7, 11) is 0. The van der Waals surface area contributed by atoms with Crippen LogP contribution >= 0.6 is 11.3 Å². The first-order valence-electron chi connectivity index (χ1n) is 3.10. The number of carbonyl (C=O) groups excluding carboxylic acids is 1. The third-order valence-corrected chi connectivity index (χ3v) is 2.43.